The predicted molar refractivity (Wildman–Crippen MR) is 74.6 cm³/mol. The second kappa shape index (κ2) is 6.66. The Hall–Kier alpha value is -0.960. The highest BCUT2D eigenvalue weighted by molar-refractivity contribution is 7.89. The molecule has 0 aliphatic carbocycles. The van der Waals surface area contributed by atoms with Crippen LogP contribution in [0.15, 0.2) is 17.3 Å². The number of hydrogen-bond donors (Lipinski definition) is 2. The van der Waals surface area contributed by atoms with E-state index in [-0.39, 0.29) is 10.9 Å². The van der Waals surface area contributed by atoms with Gasteiger partial charge in [0.1, 0.15) is 4.90 Å². The quantitative estimate of drug-likeness (QED) is 0.766. The van der Waals surface area contributed by atoms with E-state index in [1.54, 1.807) is 0 Å². The van der Waals surface area contributed by atoms with Crippen LogP contribution in [0.5, 0.6) is 0 Å². The van der Waals surface area contributed by atoms with Gasteiger partial charge in [-0.3, -0.25) is 4.68 Å². The van der Waals surface area contributed by atoms with Crippen LogP contribution < -0.4 is 10.5 Å². The number of nitrogens with zero attached hydrogens (tertiary/aromatic N) is 2. The van der Waals surface area contributed by atoms with Crippen LogP contribution >= 0.6 is 0 Å². The molecule has 3 N–H and O–H groups in total. The molecule has 8 heteroatoms. The van der Waals surface area contributed by atoms with Crippen molar-refractivity contribution in [1.82, 2.24) is 14.5 Å². The highest BCUT2D eigenvalue weighted by Crippen LogP contribution is 2.20. The van der Waals surface area contributed by atoms with Gasteiger partial charge in [0.25, 0.3) is 0 Å². The largest absolute Gasteiger partial charge is 0.381 e. The molecule has 1 fully saturated rings. The van der Waals surface area contributed by atoms with Crippen molar-refractivity contribution >= 4 is 10.0 Å². The van der Waals surface area contributed by atoms with Crippen LogP contribution in [0.1, 0.15) is 19.8 Å². The molecule has 7 nitrogen and oxygen atoms in total. The molecule has 2 heterocycles. The smallest absolute Gasteiger partial charge is 0.243 e. The van der Waals surface area contributed by atoms with Crippen molar-refractivity contribution in [2.75, 3.05) is 19.8 Å². The third-order valence-electron chi connectivity index (χ3n) is 3.59. The standard InChI is InChI=1S/C12H22N4O3S/c1-10(11-2-6-19-7-3-11)15-20(17,18)12-8-14-16(9-12)5-4-13/h8-11,15H,2-7,13H2,1H3. The minimum absolute atomic E-state index is 0.109. The Bertz CT molecular complexity index is 523. The molecular formula is C12H22N4O3S. The Labute approximate surface area is 119 Å². The van der Waals surface area contributed by atoms with E-state index < -0.39 is 10.0 Å². The molecule has 1 aromatic heterocycles. The van der Waals surface area contributed by atoms with Crippen LogP contribution in [0.3, 0.4) is 0 Å². The molecule has 20 heavy (non-hydrogen) atoms. The molecule has 0 spiro atoms. The minimum atomic E-state index is -3.52. The van der Waals surface area contributed by atoms with Gasteiger partial charge in [0, 0.05) is 32.0 Å². The summed E-state index contributed by atoms with van der Waals surface area (Å²) in [5, 5.41) is 3.99. The van der Waals surface area contributed by atoms with E-state index in [1.807, 2.05) is 6.92 Å². The Kier molecular flexibility index (Phi) is 5.14. The maximum absolute atomic E-state index is 12.3. The van der Waals surface area contributed by atoms with Crippen molar-refractivity contribution in [3.05, 3.63) is 12.4 Å². The molecule has 0 aromatic carbocycles. The molecule has 1 unspecified atom stereocenters. The molecule has 0 amide bonds. The zero-order valence-corrected chi connectivity index (χ0v) is 12.5. The van der Waals surface area contributed by atoms with Crippen LogP contribution in [0.25, 0.3) is 0 Å². The lowest BCUT2D eigenvalue weighted by atomic mass is 9.94. The van der Waals surface area contributed by atoms with Gasteiger partial charge in [-0.05, 0) is 25.7 Å². The van der Waals surface area contributed by atoms with Gasteiger partial charge in [-0.15, -0.1) is 0 Å². The molecule has 2 rings (SSSR count). The van der Waals surface area contributed by atoms with E-state index in [0.29, 0.717) is 32.2 Å². The maximum Gasteiger partial charge on any atom is 0.243 e. The molecule has 0 bridgehead atoms. The minimum Gasteiger partial charge on any atom is -0.381 e. The zero-order valence-electron chi connectivity index (χ0n) is 11.7. The Morgan fingerprint density at radius 2 is 2.25 bits per heavy atom. The van der Waals surface area contributed by atoms with Crippen LogP contribution in [0.2, 0.25) is 0 Å². The molecule has 1 aromatic rings. The van der Waals surface area contributed by atoms with Crippen LogP contribution in [0, 0.1) is 5.92 Å². The van der Waals surface area contributed by atoms with Crippen molar-refractivity contribution in [3.8, 4) is 0 Å². The molecule has 0 saturated carbocycles. The first-order valence-electron chi connectivity index (χ1n) is 6.85. The normalized spacial score (nSPS) is 19.1. The van der Waals surface area contributed by atoms with E-state index in [9.17, 15) is 8.42 Å². The van der Waals surface area contributed by atoms with Gasteiger partial charge in [-0.25, -0.2) is 13.1 Å². The number of aromatic nitrogens is 2. The average molecular weight is 302 g/mol. The van der Waals surface area contributed by atoms with Crippen molar-refractivity contribution in [3.63, 3.8) is 0 Å². The fourth-order valence-corrected chi connectivity index (χ4v) is 3.63. The van der Waals surface area contributed by atoms with Crippen molar-refractivity contribution < 1.29 is 13.2 Å². The Balaban J connectivity index is 2.01. The molecule has 1 aliphatic heterocycles. The maximum atomic E-state index is 12.3. The van der Waals surface area contributed by atoms with E-state index in [4.69, 9.17) is 10.5 Å². The fourth-order valence-electron chi connectivity index (χ4n) is 2.36. The summed E-state index contributed by atoms with van der Waals surface area (Å²) in [6.45, 7) is 4.23. The highest BCUT2D eigenvalue weighted by Gasteiger charge is 2.26. The lowest BCUT2D eigenvalue weighted by Gasteiger charge is -2.27. The summed E-state index contributed by atoms with van der Waals surface area (Å²) in [6, 6.07) is -0.109. The zero-order chi connectivity index (χ0) is 14.6. The predicted octanol–water partition coefficient (Wildman–Crippen LogP) is -0.0648. The van der Waals surface area contributed by atoms with Gasteiger partial charge < -0.3 is 10.5 Å². The third kappa shape index (κ3) is 3.78. The van der Waals surface area contributed by atoms with E-state index in [2.05, 4.69) is 9.82 Å². The summed E-state index contributed by atoms with van der Waals surface area (Å²) in [4.78, 5) is 0.185. The molecule has 0 radical (unpaired) electrons. The van der Waals surface area contributed by atoms with Crippen molar-refractivity contribution in [2.45, 2.75) is 37.2 Å². The summed E-state index contributed by atoms with van der Waals surface area (Å²) in [5.41, 5.74) is 5.42. The van der Waals surface area contributed by atoms with Crippen LogP contribution in [-0.4, -0.2) is 44.0 Å². The molecule has 1 atom stereocenters. The van der Waals surface area contributed by atoms with Gasteiger partial charge in [0.2, 0.25) is 10.0 Å². The molecule has 1 aliphatic rings. The van der Waals surface area contributed by atoms with Gasteiger partial charge in [0.05, 0.1) is 12.7 Å². The Morgan fingerprint density at radius 3 is 2.90 bits per heavy atom. The lowest BCUT2D eigenvalue weighted by molar-refractivity contribution is 0.0585. The third-order valence-corrected chi connectivity index (χ3v) is 5.11. The number of nitrogens with one attached hydrogen (secondary N) is 1. The second-order valence-corrected chi connectivity index (χ2v) is 6.80. The van der Waals surface area contributed by atoms with Gasteiger partial charge >= 0.3 is 0 Å². The number of hydrogen-bond acceptors (Lipinski definition) is 5. The van der Waals surface area contributed by atoms with Crippen LogP contribution in [-0.2, 0) is 21.3 Å². The fraction of sp³-hybridized carbons (Fsp3) is 0.750. The number of ether oxygens (including phenoxy) is 1. The summed E-state index contributed by atoms with van der Waals surface area (Å²) < 4.78 is 34.1. The topological polar surface area (TPSA) is 99.2 Å². The molecule has 114 valence electrons. The monoisotopic (exact) mass is 302 g/mol. The summed E-state index contributed by atoms with van der Waals surface area (Å²) >= 11 is 0. The molecular weight excluding hydrogens is 280 g/mol. The van der Waals surface area contributed by atoms with Crippen LogP contribution in [0.4, 0.5) is 0 Å². The van der Waals surface area contributed by atoms with Crippen molar-refractivity contribution in [2.24, 2.45) is 11.7 Å². The average Bonchev–Trinajstić information content (AvgIpc) is 2.89. The van der Waals surface area contributed by atoms with Gasteiger partial charge in [-0.1, -0.05) is 0 Å². The molecule has 1 saturated heterocycles. The number of sulfonamides is 1. The first-order chi connectivity index (χ1) is 9.53. The SMILES string of the molecule is CC(NS(=O)(=O)c1cnn(CCN)c1)C1CCOCC1. The summed E-state index contributed by atoms with van der Waals surface area (Å²) in [7, 11) is -3.52. The second-order valence-electron chi connectivity index (χ2n) is 5.09. The van der Waals surface area contributed by atoms with E-state index in [0.717, 1.165) is 12.8 Å². The highest BCUT2D eigenvalue weighted by atomic mass is 32.2. The Morgan fingerprint density at radius 1 is 1.55 bits per heavy atom. The van der Waals surface area contributed by atoms with Crippen molar-refractivity contribution in [1.29, 1.82) is 0 Å². The summed E-state index contributed by atoms with van der Waals surface area (Å²) in [6.07, 6.45) is 4.63. The van der Waals surface area contributed by atoms with E-state index >= 15 is 0 Å². The number of nitrogens with two attached hydrogens (primary N) is 1. The first-order valence-corrected chi connectivity index (χ1v) is 8.34. The number of rotatable bonds is 6. The first kappa shape index (κ1) is 15.4. The van der Waals surface area contributed by atoms with Gasteiger partial charge in [-0.2, -0.15) is 5.10 Å². The van der Waals surface area contributed by atoms with E-state index in [1.165, 1.54) is 17.1 Å². The lowest BCUT2D eigenvalue weighted by Crippen LogP contribution is -2.40. The summed E-state index contributed by atoms with van der Waals surface area (Å²) in [5.74, 6) is 0.317. The van der Waals surface area contributed by atoms with Gasteiger partial charge in [0.15, 0.2) is 0 Å².